The number of phenolic OH excluding ortho intramolecular Hbond substituents is 1. The van der Waals surface area contributed by atoms with E-state index in [1.165, 1.54) is 11.3 Å². The number of anilines is 2. The number of benzene rings is 1. The molecule has 2 aromatic heterocycles. The van der Waals surface area contributed by atoms with Crippen molar-refractivity contribution >= 4 is 45.8 Å². The molecule has 0 unspecified atom stereocenters. The van der Waals surface area contributed by atoms with Gasteiger partial charge in [-0.25, -0.2) is 9.98 Å². The van der Waals surface area contributed by atoms with Crippen LogP contribution in [0.3, 0.4) is 0 Å². The van der Waals surface area contributed by atoms with E-state index in [-0.39, 0.29) is 11.6 Å². The van der Waals surface area contributed by atoms with E-state index in [1.54, 1.807) is 30.6 Å². The SMILES string of the molecule is Cc1cc(O)ccc1Nc1nc(O)c(C=C2C=Nc3ncccc32)s1. The summed E-state index contributed by atoms with van der Waals surface area (Å²) in [6.45, 7) is 1.89. The average Bonchev–Trinajstić information content (AvgIpc) is 3.15. The molecule has 124 valence electrons. The number of nitrogens with one attached hydrogen (secondary N) is 1. The third kappa shape index (κ3) is 2.97. The smallest absolute Gasteiger partial charge is 0.231 e. The molecule has 0 bridgehead atoms. The first-order valence-electron chi connectivity index (χ1n) is 7.58. The number of hydrogen-bond donors (Lipinski definition) is 3. The largest absolute Gasteiger partial charge is 0.508 e. The second-order valence-electron chi connectivity index (χ2n) is 5.56. The lowest BCUT2D eigenvalue weighted by Crippen LogP contribution is -1.91. The normalized spacial score (nSPS) is 14.0. The monoisotopic (exact) mass is 350 g/mol. The molecule has 3 heterocycles. The number of aromatic hydroxyl groups is 2. The summed E-state index contributed by atoms with van der Waals surface area (Å²) in [6, 6.07) is 8.84. The molecule has 0 amide bonds. The molecule has 1 aromatic carbocycles. The minimum Gasteiger partial charge on any atom is -0.508 e. The molecule has 0 saturated heterocycles. The van der Waals surface area contributed by atoms with E-state index >= 15 is 0 Å². The molecule has 6 nitrogen and oxygen atoms in total. The van der Waals surface area contributed by atoms with Crippen molar-refractivity contribution in [3.05, 3.63) is 52.5 Å². The summed E-state index contributed by atoms with van der Waals surface area (Å²) in [5.41, 5.74) is 3.52. The van der Waals surface area contributed by atoms with Crippen molar-refractivity contribution < 1.29 is 10.2 Å². The molecule has 0 aliphatic carbocycles. The van der Waals surface area contributed by atoms with Crippen LogP contribution in [0.2, 0.25) is 0 Å². The topological polar surface area (TPSA) is 90.6 Å². The van der Waals surface area contributed by atoms with Gasteiger partial charge < -0.3 is 15.5 Å². The number of phenols is 1. The number of pyridine rings is 1. The molecule has 3 N–H and O–H groups in total. The Balaban J connectivity index is 1.63. The third-order valence-corrected chi connectivity index (χ3v) is 4.70. The van der Waals surface area contributed by atoms with E-state index in [9.17, 15) is 10.2 Å². The first-order chi connectivity index (χ1) is 12.1. The average molecular weight is 350 g/mol. The predicted octanol–water partition coefficient (Wildman–Crippen LogP) is 4.26. The molecular formula is C18H14N4O2S. The molecule has 0 atom stereocenters. The quantitative estimate of drug-likeness (QED) is 0.614. The van der Waals surface area contributed by atoms with Crippen LogP contribution in [0.5, 0.6) is 11.6 Å². The highest BCUT2D eigenvalue weighted by Gasteiger charge is 2.15. The first kappa shape index (κ1) is 15.3. The van der Waals surface area contributed by atoms with Crippen LogP contribution in [0.15, 0.2) is 41.5 Å². The van der Waals surface area contributed by atoms with Crippen molar-refractivity contribution in [1.29, 1.82) is 0 Å². The van der Waals surface area contributed by atoms with Crippen LogP contribution in [-0.4, -0.2) is 26.4 Å². The fourth-order valence-corrected chi connectivity index (χ4v) is 3.38. The van der Waals surface area contributed by atoms with Crippen LogP contribution in [0.1, 0.15) is 16.0 Å². The summed E-state index contributed by atoms with van der Waals surface area (Å²) < 4.78 is 0. The molecule has 1 aliphatic heterocycles. The minimum absolute atomic E-state index is 0.0397. The zero-order valence-electron chi connectivity index (χ0n) is 13.3. The number of aliphatic imine (C=N–C) groups is 1. The molecule has 4 rings (SSSR count). The van der Waals surface area contributed by atoms with Crippen molar-refractivity contribution in [2.75, 3.05) is 5.32 Å². The number of hydrogen-bond acceptors (Lipinski definition) is 7. The van der Waals surface area contributed by atoms with Gasteiger partial charge in [-0.3, -0.25) is 0 Å². The Morgan fingerprint density at radius 3 is 2.92 bits per heavy atom. The predicted molar refractivity (Wildman–Crippen MR) is 100 cm³/mol. The maximum atomic E-state index is 10.1. The molecule has 3 aromatic rings. The van der Waals surface area contributed by atoms with Crippen molar-refractivity contribution in [1.82, 2.24) is 9.97 Å². The summed E-state index contributed by atoms with van der Waals surface area (Å²) in [7, 11) is 0. The summed E-state index contributed by atoms with van der Waals surface area (Å²) in [6.07, 6.45) is 5.28. The summed E-state index contributed by atoms with van der Waals surface area (Å²) >= 11 is 1.34. The number of allylic oxidation sites excluding steroid dienone is 1. The molecule has 1 aliphatic rings. The van der Waals surface area contributed by atoms with Crippen LogP contribution in [0, 0.1) is 6.92 Å². The third-order valence-electron chi connectivity index (χ3n) is 3.80. The van der Waals surface area contributed by atoms with Gasteiger partial charge in [-0.1, -0.05) is 11.3 Å². The Morgan fingerprint density at radius 1 is 1.20 bits per heavy atom. The molecule has 0 fully saturated rings. The molecular weight excluding hydrogens is 336 g/mol. The second-order valence-corrected chi connectivity index (χ2v) is 6.59. The fourth-order valence-electron chi connectivity index (χ4n) is 2.56. The van der Waals surface area contributed by atoms with E-state index in [4.69, 9.17) is 0 Å². The van der Waals surface area contributed by atoms with Crippen molar-refractivity contribution in [3.63, 3.8) is 0 Å². The number of thiazole rings is 1. The van der Waals surface area contributed by atoms with Crippen LogP contribution in [0.4, 0.5) is 16.6 Å². The number of rotatable bonds is 3. The zero-order valence-corrected chi connectivity index (χ0v) is 14.1. The van der Waals surface area contributed by atoms with Gasteiger partial charge >= 0.3 is 0 Å². The van der Waals surface area contributed by atoms with Crippen molar-refractivity contribution in [3.8, 4) is 11.6 Å². The standard InChI is InChI=1S/C18H14N4O2S/c1-10-7-12(23)4-5-14(10)21-18-22-17(24)15(25-18)8-11-9-20-16-13(11)3-2-6-19-16/h2-9,23-24H,1H3,(H,21,22). The second kappa shape index (κ2) is 6.03. The lowest BCUT2D eigenvalue weighted by atomic mass is 10.1. The number of fused-ring (bicyclic) bond motifs is 1. The van der Waals surface area contributed by atoms with Crippen LogP contribution < -0.4 is 5.32 Å². The highest BCUT2D eigenvalue weighted by atomic mass is 32.1. The number of aryl methyl sites for hydroxylation is 1. The molecule has 0 saturated carbocycles. The lowest BCUT2D eigenvalue weighted by molar-refractivity contribution is 0.457. The van der Waals surface area contributed by atoms with E-state index < -0.39 is 0 Å². The van der Waals surface area contributed by atoms with Gasteiger partial charge in [0.2, 0.25) is 5.88 Å². The Labute approximate surface area is 147 Å². The maximum Gasteiger partial charge on any atom is 0.231 e. The van der Waals surface area contributed by atoms with Gasteiger partial charge in [0.15, 0.2) is 10.9 Å². The minimum atomic E-state index is -0.0397. The number of nitrogens with zero attached hydrogens (tertiary/aromatic N) is 3. The van der Waals surface area contributed by atoms with E-state index in [1.807, 2.05) is 25.1 Å². The molecule has 25 heavy (non-hydrogen) atoms. The highest BCUT2D eigenvalue weighted by Crippen LogP contribution is 2.36. The van der Waals surface area contributed by atoms with Crippen LogP contribution >= 0.6 is 11.3 Å². The highest BCUT2D eigenvalue weighted by molar-refractivity contribution is 7.16. The fraction of sp³-hybridized carbons (Fsp3) is 0.0556. The van der Waals surface area contributed by atoms with Gasteiger partial charge in [-0.05, 0) is 48.9 Å². The first-order valence-corrected chi connectivity index (χ1v) is 8.39. The maximum absolute atomic E-state index is 10.1. The summed E-state index contributed by atoms with van der Waals surface area (Å²) in [5, 5.41) is 23.4. The van der Waals surface area contributed by atoms with E-state index in [2.05, 4.69) is 20.3 Å². The molecule has 0 spiro atoms. The van der Waals surface area contributed by atoms with Crippen molar-refractivity contribution in [2.45, 2.75) is 6.92 Å². The zero-order chi connectivity index (χ0) is 17.4. The summed E-state index contributed by atoms with van der Waals surface area (Å²) in [5.74, 6) is 0.848. The Kier molecular flexibility index (Phi) is 3.70. The summed E-state index contributed by atoms with van der Waals surface area (Å²) in [4.78, 5) is 13.3. The van der Waals surface area contributed by atoms with Gasteiger partial charge in [0.25, 0.3) is 0 Å². The Bertz CT molecular complexity index is 1020. The lowest BCUT2D eigenvalue weighted by Gasteiger charge is -2.06. The van der Waals surface area contributed by atoms with Crippen LogP contribution in [-0.2, 0) is 0 Å². The Hall–Kier alpha value is -3.19. The Morgan fingerprint density at radius 2 is 2.08 bits per heavy atom. The van der Waals surface area contributed by atoms with E-state index in [0.717, 1.165) is 22.4 Å². The van der Waals surface area contributed by atoms with Gasteiger partial charge in [0, 0.05) is 29.2 Å². The number of aromatic nitrogens is 2. The van der Waals surface area contributed by atoms with Gasteiger partial charge in [-0.15, -0.1) is 0 Å². The van der Waals surface area contributed by atoms with Gasteiger partial charge in [0.05, 0.1) is 4.88 Å². The molecule has 7 heteroatoms. The van der Waals surface area contributed by atoms with Gasteiger partial charge in [-0.2, -0.15) is 4.98 Å². The van der Waals surface area contributed by atoms with Crippen molar-refractivity contribution in [2.24, 2.45) is 4.99 Å². The van der Waals surface area contributed by atoms with E-state index in [0.29, 0.717) is 15.8 Å². The molecule has 0 radical (unpaired) electrons. The van der Waals surface area contributed by atoms with Gasteiger partial charge in [0.1, 0.15) is 5.75 Å². The van der Waals surface area contributed by atoms with Crippen LogP contribution in [0.25, 0.3) is 11.6 Å².